The van der Waals surface area contributed by atoms with Gasteiger partial charge in [0.15, 0.2) is 17.3 Å². The molecule has 27 heavy (non-hydrogen) atoms. The van der Waals surface area contributed by atoms with Crippen LogP contribution in [0.4, 0.5) is 5.69 Å². The Labute approximate surface area is 169 Å². The van der Waals surface area contributed by atoms with E-state index in [0.29, 0.717) is 28.2 Å². The fraction of sp³-hybridized carbons (Fsp3) is 0.158. The van der Waals surface area contributed by atoms with E-state index in [4.69, 9.17) is 13.9 Å². The number of nitrogens with zero attached hydrogens (tertiary/aromatic N) is 1. The van der Waals surface area contributed by atoms with Crippen LogP contribution in [-0.4, -0.2) is 30.9 Å². The quantitative estimate of drug-likeness (QED) is 0.520. The maximum Gasteiger partial charge on any atom is 0.256 e. The number of ether oxygens (including phenoxy) is 2. The van der Waals surface area contributed by atoms with E-state index in [1.54, 1.807) is 38.6 Å². The first kappa shape index (κ1) is 19.3. The number of thioether (sulfide) groups is 1. The number of methoxy groups -OCH3 is 2. The number of benzene rings is 2. The molecule has 3 rings (SSSR count). The highest BCUT2D eigenvalue weighted by molar-refractivity contribution is 9.10. The Kier molecular flexibility index (Phi) is 6.41. The lowest BCUT2D eigenvalue weighted by Crippen LogP contribution is -2.14. The zero-order valence-corrected chi connectivity index (χ0v) is 17.1. The fourth-order valence-electron chi connectivity index (χ4n) is 2.31. The lowest BCUT2D eigenvalue weighted by Gasteiger charge is -2.10. The lowest BCUT2D eigenvalue weighted by molar-refractivity contribution is -0.113. The highest BCUT2D eigenvalue weighted by atomic mass is 79.9. The summed E-state index contributed by atoms with van der Waals surface area (Å²) in [4.78, 5) is 16.4. The predicted molar refractivity (Wildman–Crippen MR) is 109 cm³/mol. The monoisotopic (exact) mass is 448 g/mol. The van der Waals surface area contributed by atoms with Crippen LogP contribution in [0.3, 0.4) is 0 Å². The molecule has 0 saturated heterocycles. The SMILES string of the molecule is COc1ccc(NC(=O)CSc2ncc(-c3ccc(Br)cc3)o2)cc1OC. The first-order valence-corrected chi connectivity index (χ1v) is 9.73. The highest BCUT2D eigenvalue weighted by Gasteiger charge is 2.11. The second-order valence-corrected chi connectivity index (χ2v) is 7.25. The molecule has 0 aliphatic carbocycles. The van der Waals surface area contributed by atoms with Crippen molar-refractivity contribution < 1.29 is 18.7 Å². The van der Waals surface area contributed by atoms with Crippen LogP contribution in [0.2, 0.25) is 0 Å². The number of oxazole rings is 1. The summed E-state index contributed by atoms with van der Waals surface area (Å²) in [6.45, 7) is 0. The van der Waals surface area contributed by atoms with E-state index in [0.717, 1.165) is 10.0 Å². The van der Waals surface area contributed by atoms with Crippen molar-refractivity contribution in [3.63, 3.8) is 0 Å². The lowest BCUT2D eigenvalue weighted by atomic mass is 10.2. The summed E-state index contributed by atoms with van der Waals surface area (Å²) >= 11 is 4.63. The Bertz CT molecular complexity index is 928. The predicted octanol–water partition coefficient (Wildman–Crippen LogP) is 4.85. The molecule has 0 radical (unpaired) electrons. The molecule has 0 spiro atoms. The number of amides is 1. The third-order valence-corrected chi connectivity index (χ3v) is 4.98. The normalized spacial score (nSPS) is 10.5. The van der Waals surface area contributed by atoms with Gasteiger partial charge in [-0.05, 0) is 24.3 Å². The molecule has 1 amide bonds. The largest absolute Gasteiger partial charge is 0.493 e. The van der Waals surface area contributed by atoms with E-state index in [1.807, 2.05) is 24.3 Å². The average molecular weight is 449 g/mol. The van der Waals surface area contributed by atoms with E-state index in [2.05, 4.69) is 26.2 Å². The van der Waals surface area contributed by atoms with Crippen molar-refractivity contribution >= 4 is 39.3 Å². The summed E-state index contributed by atoms with van der Waals surface area (Å²) in [5, 5.41) is 3.25. The van der Waals surface area contributed by atoms with Crippen LogP contribution in [-0.2, 0) is 4.79 Å². The standard InChI is InChI=1S/C19H17BrN2O4S/c1-24-15-8-7-14(9-16(15)25-2)22-18(23)11-27-19-21-10-17(26-19)12-3-5-13(20)6-4-12/h3-10H,11H2,1-2H3,(H,22,23). The van der Waals surface area contributed by atoms with Gasteiger partial charge < -0.3 is 19.2 Å². The highest BCUT2D eigenvalue weighted by Crippen LogP contribution is 2.30. The van der Waals surface area contributed by atoms with Gasteiger partial charge in [-0.25, -0.2) is 4.98 Å². The third-order valence-electron chi connectivity index (χ3n) is 3.61. The van der Waals surface area contributed by atoms with Crippen LogP contribution in [0.15, 0.2) is 62.8 Å². The van der Waals surface area contributed by atoms with Gasteiger partial charge in [0.1, 0.15) is 0 Å². The smallest absolute Gasteiger partial charge is 0.256 e. The molecule has 1 N–H and O–H groups in total. The molecule has 140 valence electrons. The number of halogens is 1. The molecular weight excluding hydrogens is 432 g/mol. The van der Waals surface area contributed by atoms with Gasteiger partial charge in [-0.3, -0.25) is 4.79 Å². The summed E-state index contributed by atoms with van der Waals surface area (Å²) in [5.41, 5.74) is 1.55. The summed E-state index contributed by atoms with van der Waals surface area (Å²) in [5.74, 6) is 1.81. The van der Waals surface area contributed by atoms with Crippen molar-refractivity contribution in [2.24, 2.45) is 0 Å². The molecule has 0 unspecified atom stereocenters. The van der Waals surface area contributed by atoms with Crippen LogP contribution < -0.4 is 14.8 Å². The molecule has 8 heteroatoms. The molecule has 0 atom stereocenters. The first-order valence-electron chi connectivity index (χ1n) is 7.95. The zero-order valence-electron chi connectivity index (χ0n) is 14.7. The number of rotatable bonds is 7. The minimum absolute atomic E-state index is 0.171. The Morgan fingerprint density at radius 3 is 2.59 bits per heavy atom. The van der Waals surface area contributed by atoms with Gasteiger partial charge >= 0.3 is 0 Å². The Morgan fingerprint density at radius 2 is 1.89 bits per heavy atom. The van der Waals surface area contributed by atoms with E-state index in [9.17, 15) is 4.79 Å². The zero-order chi connectivity index (χ0) is 19.2. The molecule has 0 aliphatic heterocycles. The maximum atomic E-state index is 12.2. The van der Waals surface area contributed by atoms with Crippen LogP contribution in [0.5, 0.6) is 11.5 Å². The number of hydrogen-bond donors (Lipinski definition) is 1. The van der Waals surface area contributed by atoms with E-state index < -0.39 is 0 Å². The Morgan fingerprint density at radius 1 is 1.15 bits per heavy atom. The van der Waals surface area contributed by atoms with Gasteiger partial charge in [0.2, 0.25) is 5.91 Å². The maximum absolute atomic E-state index is 12.2. The molecule has 0 fully saturated rings. The van der Waals surface area contributed by atoms with Gasteiger partial charge in [-0.1, -0.05) is 39.8 Å². The van der Waals surface area contributed by atoms with E-state index in [1.165, 1.54) is 11.8 Å². The molecule has 0 saturated carbocycles. The number of nitrogens with one attached hydrogen (secondary N) is 1. The molecule has 0 aliphatic rings. The van der Waals surface area contributed by atoms with Gasteiger partial charge in [0.25, 0.3) is 5.22 Å². The number of carbonyl (C=O) groups is 1. The Balaban J connectivity index is 1.57. The van der Waals surface area contributed by atoms with Crippen molar-refractivity contribution in [2.75, 3.05) is 25.3 Å². The number of aromatic nitrogens is 1. The van der Waals surface area contributed by atoms with Gasteiger partial charge in [-0.2, -0.15) is 0 Å². The van der Waals surface area contributed by atoms with E-state index >= 15 is 0 Å². The topological polar surface area (TPSA) is 73.6 Å². The van der Waals surface area contributed by atoms with Crippen LogP contribution in [0.1, 0.15) is 0 Å². The first-order chi connectivity index (χ1) is 13.1. The van der Waals surface area contributed by atoms with Crippen molar-refractivity contribution in [2.45, 2.75) is 5.22 Å². The molecule has 2 aromatic carbocycles. The summed E-state index contributed by atoms with van der Waals surface area (Å²) in [7, 11) is 3.11. The summed E-state index contributed by atoms with van der Waals surface area (Å²) in [6, 6.07) is 12.9. The molecule has 6 nitrogen and oxygen atoms in total. The molecule has 1 heterocycles. The van der Waals surface area contributed by atoms with Crippen LogP contribution in [0.25, 0.3) is 11.3 Å². The molecule has 3 aromatic rings. The second kappa shape index (κ2) is 8.96. The molecule has 1 aromatic heterocycles. The third kappa shape index (κ3) is 5.05. The van der Waals surface area contributed by atoms with E-state index in [-0.39, 0.29) is 11.7 Å². The van der Waals surface area contributed by atoms with Gasteiger partial charge in [-0.15, -0.1) is 0 Å². The minimum atomic E-state index is -0.171. The fourth-order valence-corrected chi connectivity index (χ4v) is 3.18. The van der Waals surface area contributed by atoms with Crippen molar-refractivity contribution in [3.05, 3.63) is 53.1 Å². The molecular formula is C19H17BrN2O4S. The van der Waals surface area contributed by atoms with Gasteiger partial charge in [0.05, 0.1) is 26.2 Å². The number of carbonyl (C=O) groups excluding carboxylic acids is 1. The number of anilines is 1. The Hall–Kier alpha value is -2.45. The average Bonchev–Trinajstić information content (AvgIpc) is 3.16. The number of hydrogen-bond acceptors (Lipinski definition) is 6. The second-order valence-electron chi connectivity index (χ2n) is 5.40. The van der Waals surface area contributed by atoms with Crippen molar-refractivity contribution in [1.82, 2.24) is 4.98 Å². The summed E-state index contributed by atoms with van der Waals surface area (Å²) in [6.07, 6.45) is 1.65. The van der Waals surface area contributed by atoms with Crippen molar-refractivity contribution in [3.8, 4) is 22.8 Å². The minimum Gasteiger partial charge on any atom is -0.493 e. The van der Waals surface area contributed by atoms with Crippen LogP contribution in [0, 0.1) is 0 Å². The van der Waals surface area contributed by atoms with Gasteiger partial charge in [0, 0.05) is 21.8 Å². The van der Waals surface area contributed by atoms with Crippen molar-refractivity contribution in [1.29, 1.82) is 0 Å². The molecule has 0 bridgehead atoms. The summed E-state index contributed by atoms with van der Waals surface area (Å²) < 4.78 is 17.1. The van der Waals surface area contributed by atoms with Crippen LogP contribution >= 0.6 is 27.7 Å².